The monoisotopic (exact) mass is 250 g/mol. The molecule has 2 N–H and O–H groups in total. The summed E-state index contributed by atoms with van der Waals surface area (Å²) in [5.74, 6) is 0. The van der Waals surface area contributed by atoms with Crippen LogP contribution < -0.4 is 10.6 Å². The summed E-state index contributed by atoms with van der Waals surface area (Å²) in [6, 6.07) is 6.22. The Labute approximate surface area is 109 Å². The number of rotatable bonds is 5. The van der Waals surface area contributed by atoms with E-state index in [1.165, 1.54) is 5.69 Å². The number of hydrogen-bond acceptors (Lipinski definition) is 4. The van der Waals surface area contributed by atoms with E-state index in [2.05, 4.69) is 24.0 Å². The van der Waals surface area contributed by atoms with Gasteiger partial charge in [-0.05, 0) is 18.6 Å². The van der Waals surface area contributed by atoms with Crippen LogP contribution in [0.4, 0.5) is 11.4 Å². The minimum absolute atomic E-state index is 0.600. The minimum Gasteiger partial charge on any atom is -0.398 e. The van der Waals surface area contributed by atoms with Crippen molar-refractivity contribution in [3.05, 3.63) is 23.8 Å². The standard InChI is InChI=1S/C14H22N2O2/c1-2-7-18-11-12-3-4-13(10-14(12)15)16-5-8-17-9-6-16/h3-4,10H,2,5-9,11,15H2,1H3. The molecule has 0 spiro atoms. The van der Waals surface area contributed by atoms with Crippen molar-refractivity contribution in [3.8, 4) is 0 Å². The number of nitrogens with two attached hydrogens (primary N) is 1. The van der Waals surface area contributed by atoms with Gasteiger partial charge in [0.2, 0.25) is 0 Å². The zero-order valence-electron chi connectivity index (χ0n) is 11.0. The molecule has 18 heavy (non-hydrogen) atoms. The van der Waals surface area contributed by atoms with Crippen LogP contribution in [-0.4, -0.2) is 32.9 Å². The summed E-state index contributed by atoms with van der Waals surface area (Å²) >= 11 is 0. The van der Waals surface area contributed by atoms with Crippen LogP contribution in [0.15, 0.2) is 18.2 Å². The molecule has 2 rings (SSSR count). The van der Waals surface area contributed by atoms with Crippen LogP contribution in [0.2, 0.25) is 0 Å². The van der Waals surface area contributed by atoms with Crippen LogP contribution in [-0.2, 0) is 16.1 Å². The summed E-state index contributed by atoms with van der Waals surface area (Å²) in [6.07, 6.45) is 1.03. The Kier molecular flexibility index (Phi) is 4.84. The first-order chi connectivity index (χ1) is 8.81. The van der Waals surface area contributed by atoms with E-state index in [4.69, 9.17) is 15.2 Å². The highest BCUT2D eigenvalue weighted by Gasteiger charge is 2.12. The SMILES string of the molecule is CCCOCc1ccc(N2CCOCC2)cc1N. The fourth-order valence-electron chi connectivity index (χ4n) is 2.06. The van der Waals surface area contributed by atoms with Gasteiger partial charge in [-0.3, -0.25) is 0 Å². The molecule has 100 valence electrons. The fourth-order valence-corrected chi connectivity index (χ4v) is 2.06. The molecule has 0 aromatic heterocycles. The van der Waals surface area contributed by atoms with E-state index >= 15 is 0 Å². The minimum atomic E-state index is 0.600. The van der Waals surface area contributed by atoms with E-state index < -0.39 is 0 Å². The molecule has 1 aromatic carbocycles. The molecule has 1 fully saturated rings. The molecule has 1 aliphatic rings. The molecule has 0 atom stereocenters. The van der Waals surface area contributed by atoms with Gasteiger partial charge in [0.1, 0.15) is 0 Å². The molecular formula is C14H22N2O2. The summed E-state index contributed by atoms with van der Waals surface area (Å²) < 4.78 is 10.9. The Morgan fingerprint density at radius 2 is 2.11 bits per heavy atom. The van der Waals surface area contributed by atoms with Gasteiger partial charge in [-0.1, -0.05) is 13.0 Å². The van der Waals surface area contributed by atoms with Gasteiger partial charge in [-0.15, -0.1) is 0 Å². The lowest BCUT2D eigenvalue weighted by atomic mass is 10.1. The molecule has 1 aliphatic heterocycles. The molecular weight excluding hydrogens is 228 g/mol. The Hall–Kier alpha value is -1.26. The molecule has 0 unspecified atom stereocenters. The van der Waals surface area contributed by atoms with Gasteiger partial charge in [0.15, 0.2) is 0 Å². The molecule has 1 aromatic rings. The maximum absolute atomic E-state index is 6.07. The molecule has 0 bridgehead atoms. The van der Waals surface area contributed by atoms with E-state index in [1.807, 2.05) is 6.07 Å². The van der Waals surface area contributed by atoms with Crippen LogP contribution in [0, 0.1) is 0 Å². The highest BCUT2D eigenvalue weighted by atomic mass is 16.5. The maximum Gasteiger partial charge on any atom is 0.0736 e. The van der Waals surface area contributed by atoms with Crippen molar-refractivity contribution in [3.63, 3.8) is 0 Å². The van der Waals surface area contributed by atoms with Crippen LogP contribution in [0.25, 0.3) is 0 Å². The second kappa shape index (κ2) is 6.61. The largest absolute Gasteiger partial charge is 0.398 e. The highest BCUT2D eigenvalue weighted by molar-refractivity contribution is 5.60. The van der Waals surface area contributed by atoms with Gasteiger partial charge < -0.3 is 20.1 Å². The lowest BCUT2D eigenvalue weighted by Crippen LogP contribution is -2.36. The highest BCUT2D eigenvalue weighted by Crippen LogP contribution is 2.23. The zero-order valence-corrected chi connectivity index (χ0v) is 11.0. The second-order valence-corrected chi connectivity index (χ2v) is 4.54. The lowest BCUT2D eigenvalue weighted by molar-refractivity contribution is 0.121. The predicted octanol–water partition coefficient (Wildman–Crippen LogP) is 2.03. The van der Waals surface area contributed by atoms with Gasteiger partial charge in [-0.2, -0.15) is 0 Å². The van der Waals surface area contributed by atoms with Crippen molar-refractivity contribution in [1.82, 2.24) is 0 Å². The first-order valence-corrected chi connectivity index (χ1v) is 6.60. The Balaban J connectivity index is 1.99. The quantitative estimate of drug-likeness (QED) is 0.641. The van der Waals surface area contributed by atoms with E-state index in [0.717, 1.165) is 50.6 Å². The second-order valence-electron chi connectivity index (χ2n) is 4.54. The molecule has 4 nitrogen and oxygen atoms in total. The number of ether oxygens (including phenoxy) is 2. The smallest absolute Gasteiger partial charge is 0.0736 e. The Morgan fingerprint density at radius 1 is 1.33 bits per heavy atom. The van der Waals surface area contributed by atoms with Crippen LogP contribution in [0.3, 0.4) is 0 Å². The number of nitrogens with zero attached hydrogens (tertiary/aromatic N) is 1. The summed E-state index contributed by atoms with van der Waals surface area (Å²) in [5.41, 5.74) is 9.13. The summed E-state index contributed by atoms with van der Waals surface area (Å²) in [6.45, 7) is 6.94. The van der Waals surface area contributed by atoms with Gasteiger partial charge in [0.25, 0.3) is 0 Å². The van der Waals surface area contributed by atoms with E-state index in [0.29, 0.717) is 6.61 Å². The molecule has 0 amide bonds. The topological polar surface area (TPSA) is 47.7 Å². The molecule has 0 aliphatic carbocycles. The third-order valence-corrected chi connectivity index (χ3v) is 3.11. The van der Waals surface area contributed by atoms with Crippen LogP contribution in [0.5, 0.6) is 0 Å². The van der Waals surface area contributed by atoms with Crippen molar-refractivity contribution in [2.75, 3.05) is 43.5 Å². The zero-order chi connectivity index (χ0) is 12.8. The average Bonchev–Trinajstić information content (AvgIpc) is 2.42. The normalized spacial score (nSPS) is 15.9. The van der Waals surface area contributed by atoms with E-state index in [1.54, 1.807) is 0 Å². The Morgan fingerprint density at radius 3 is 2.78 bits per heavy atom. The number of nitrogen functional groups attached to an aromatic ring is 1. The average molecular weight is 250 g/mol. The Bertz CT molecular complexity index is 376. The van der Waals surface area contributed by atoms with Crippen LogP contribution >= 0.6 is 0 Å². The molecule has 0 radical (unpaired) electrons. The van der Waals surface area contributed by atoms with Crippen molar-refractivity contribution < 1.29 is 9.47 Å². The summed E-state index contributed by atoms with van der Waals surface area (Å²) in [5, 5.41) is 0. The predicted molar refractivity (Wildman–Crippen MR) is 73.8 cm³/mol. The van der Waals surface area contributed by atoms with Gasteiger partial charge in [-0.25, -0.2) is 0 Å². The lowest BCUT2D eigenvalue weighted by Gasteiger charge is -2.29. The third kappa shape index (κ3) is 3.37. The molecule has 1 saturated heterocycles. The fraction of sp³-hybridized carbons (Fsp3) is 0.571. The molecule has 4 heteroatoms. The number of anilines is 2. The van der Waals surface area contributed by atoms with Gasteiger partial charge >= 0.3 is 0 Å². The molecule has 1 heterocycles. The number of hydrogen-bond donors (Lipinski definition) is 1. The third-order valence-electron chi connectivity index (χ3n) is 3.11. The van der Waals surface area contributed by atoms with Crippen molar-refractivity contribution in [2.45, 2.75) is 20.0 Å². The maximum atomic E-state index is 6.07. The first kappa shape index (κ1) is 13.2. The number of benzene rings is 1. The first-order valence-electron chi connectivity index (χ1n) is 6.60. The van der Waals surface area contributed by atoms with Crippen LogP contribution in [0.1, 0.15) is 18.9 Å². The van der Waals surface area contributed by atoms with Gasteiger partial charge in [0.05, 0.1) is 19.8 Å². The van der Waals surface area contributed by atoms with Crippen molar-refractivity contribution >= 4 is 11.4 Å². The van der Waals surface area contributed by atoms with Gasteiger partial charge in [0, 0.05) is 36.6 Å². The molecule has 0 saturated carbocycles. The van der Waals surface area contributed by atoms with Crippen molar-refractivity contribution in [2.24, 2.45) is 0 Å². The summed E-state index contributed by atoms with van der Waals surface area (Å²) in [4.78, 5) is 2.30. The van der Waals surface area contributed by atoms with E-state index in [-0.39, 0.29) is 0 Å². The van der Waals surface area contributed by atoms with E-state index in [9.17, 15) is 0 Å². The number of morpholine rings is 1. The summed E-state index contributed by atoms with van der Waals surface area (Å²) in [7, 11) is 0. The van der Waals surface area contributed by atoms with Crippen molar-refractivity contribution in [1.29, 1.82) is 0 Å².